The smallest absolute Gasteiger partial charge is 0.242 e. The number of carbonyl (C=O) groups is 1. The van der Waals surface area contributed by atoms with Crippen molar-refractivity contribution in [3.8, 4) is 0 Å². The van der Waals surface area contributed by atoms with E-state index in [1.807, 2.05) is 0 Å². The Morgan fingerprint density at radius 3 is 2.60 bits per heavy atom. The van der Waals surface area contributed by atoms with Gasteiger partial charge < -0.3 is 14.4 Å². The first-order valence-electron chi connectivity index (χ1n) is 3.82. The average Bonchev–Trinajstić information content (AvgIpc) is 2.09. The summed E-state index contributed by atoms with van der Waals surface area (Å²) in [6.45, 7) is 0.657. The van der Waals surface area contributed by atoms with Crippen LogP contribution in [0.5, 0.6) is 0 Å². The second-order valence-electron chi connectivity index (χ2n) is 2.66. The first-order valence-corrected chi connectivity index (χ1v) is 5.43. The minimum Gasteiger partial charge on any atom is -0.810 e. The van der Waals surface area contributed by atoms with Crippen LogP contribution in [0, 0.1) is 0 Å². The van der Waals surface area contributed by atoms with Crippen LogP contribution in [0.1, 0.15) is 13.3 Å². The Hall–Kier alpha value is -1.11. The first kappa shape index (κ1) is 13.9. The summed E-state index contributed by atoms with van der Waals surface area (Å²) in [6, 6.07) is 0. The topological polar surface area (TPSA) is 152 Å². The maximum atomic E-state index is 10.5. The lowest BCUT2D eigenvalue weighted by atomic mass is 10.4. The van der Waals surface area contributed by atoms with Crippen LogP contribution in [0.4, 0.5) is 0 Å². The van der Waals surface area contributed by atoms with Crippen LogP contribution in [-0.2, 0) is 9.36 Å². The molecule has 1 unspecified atom stereocenters. The molecule has 0 aromatic rings. The molecule has 0 rings (SSSR count). The van der Waals surface area contributed by atoms with Crippen molar-refractivity contribution in [2.75, 3.05) is 6.54 Å². The fraction of sp³-hybridized carbons (Fsp3) is 0.800. The van der Waals surface area contributed by atoms with E-state index in [2.05, 4.69) is 10.0 Å². The summed E-state index contributed by atoms with van der Waals surface area (Å²) in [7, 11) is -5.05. The SMILES string of the molecule is CC(=O)N(O)CCC(N=[N+]=[N-])P(=O)([O-])[O-]. The highest BCUT2D eigenvalue weighted by Crippen LogP contribution is 2.34. The molecule has 1 amide bonds. The Labute approximate surface area is 85.1 Å². The van der Waals surface area contributed by atoms with Gasteiger partial charge in [-0.3, -0.25) is 10.0 Å². The number of rotatable bonds is 5. The minimum absolute atomic E-state index is 0.232. The zero-order valence-electron chi connectivity index (χ0n) is 7.81. The highest BCUT2D eigenvalue weighted by atomic mass is 31.2. The molecule has 1 N–H and O–H groups in total. The molecule has 9 nitrogen and oxygen atoms in total. The summed E-state index contributed by atoms with van der Waals surface area (Å²) in [5.41, 5.74) is 7.99. The Morgan fingerprint density at radius 2 is 2.27 bits per heavy atom. The molecule has 0 aliphatic heterocycles. The monoisotopic (exact) mass is 236 g/mol. The van der Waals surface area contributed by atoms with Gasteiger partial charge in [0, 0.05) is 18.4 Å². The van der Waals surface area contributed by atoms with E-state index >= 15 is 0 Å². The van der Waals surface area contributed by atoms with Crippen molar-refractivity contribution in [2.45, 2.75) is 19.1 Å². The highest BCUT2D eigenvalue weighted by molar-refractivity contribution is 7.49. The van der Waals surface area contributed by atoms with Gasteiger partial charge in [0.2, 0.25) is 5.91 Å². The summed E-state index contributed by atoms with van der Waals surface area (Å²) < 4.78 is 10.5. The van der Waals surface area contributed by atoms with E-state index in [0.717, 1.165) is 6.92 Å². The van der Waals surface area contributed by atoms with Gasteiger partial charge in [0.25, 0.3) is 0 Å². The van der Waals surface area contributed by atoms with Gasteiger partial charge in [0.05, 0.1) is 5.78 Å². The minimum atomic E-state index is -5.05. The van der Waals surface area contributed by atoms with Crippen LogP contribution in [0.15, 0.2) is 5.11 Å². The van der Waals surface area contributed by atoms with Crippen LogP contribution in [-0.4, -0.2) is 28.5 Å². The first-order chi connectivity index (χ1) is 6.79. The lowest BCUT2D eigenvalue weighted by Crippen LogP contribution is -2.31. The number of nitrogens with zero attached hydrogens (tertiary/aromatic N) is 4. The van der Waals surface area contributed by atoms with Crippen LogP contribution in [0.2, 0.25) is 0 Å². The third-order valence-corrected chi connectivity index (χ3v) is 2.60. The van der Waals surface area contributed by atoms with Gasteiger partial charge in [0.1, 0.15) is 0 Å². The number of carbonyl (C=O) groups excluding carboxylic acids is 1. The van der Waals surface area contributed by atoms with Gasteiger partial charge in [0.15, 0.2) is 0 Å². The highest BCUT2D eigenvalue weighted by Gasteiger charge is 2.13. The van der Waals surface area contributed by atoms with Crippen molar-refractivity contribution in [2.24, 2.45) is 5.11 Å². The summed E-state index contributed by atoms with van der Waals surface area (Å²) in [5.74, 6) is -2.50. The molecule has 0 aliphatic rings. The normalized spacial score (nSPS) is 12.8. The van der Waals surface area contributed by atoms with Crippen LogP contribution in [0.3, 0.4) is 0 Å². The fourth-order valence-electron chi connectivity index (χ4n) is 0.734. The number of azide groups is 1. The summed E-state index contributed by atoms with van der Waals surface area (Å²) >= 11 is 0. The van der Waals surface area contributed by atoms with E-state index in [4.69, 9.17) is 10.7 Å². The molecule has 0 radical (unpaired) electrons. The van der Waals surface area contributed by atoms with Gasteiger partial charge in [-0.1, -0.05) is 12.7 Å². The third-order valence-electron chi connectivity index (χ3n) is 1.51. The molecular weight excluding hydrogens is 227 g/mol. The van der Waals surface area contributed by atoms with Crippen molar-refractivity contribution in [3.63, 3.8) is 0 Å². The van der Waals surface area contributed by atoms with Crippen LogP contribution < -0.4 is 9.79 Å². The quantitative estimate of drug-likeness (QED) is 0.165. The van der Waals surface area contributed by atoms with E-state index in [9.17, 15) is 19.1 Å². The standard InChI is InChI=1S/C5H11N4O5P/c1-4(10)9(11)3-2-5(7-8-6)15(12,13)14/h5,11H,2-3H2,1H3,(H2,12,13,14)/p-2. The Morgan fingerprint density at radius 1 is 1.73 bits per heavy atom. The molecule has 1 atom stereocenters. The van der Waals surface area contributed by atoms with Crippen molar-refractivity contribution < 1.29 is 24.4 Å². The van der Waals surface area contributed by atoms with Crippen LogP contribution in [0.25, 0.3) is 10.4 Å². The van der Waals surface area contributed by atoms with E-state index in [-0.39, 0.29) is 5.06 Å². The molecule has 10 heteroatoms. The van der Waals surface area contributed by atoms with Gasteiger partial charge in [-0.25, -0.2) is 5.06 Å². The van der Waals surface area contributed by atoms with Crippen molar-refractivity contribution >= 4 is 13.5 Å². The van der Waals surface area contributed by atoms with Gasteiger partial charge >= 0.3 is 0 Å². The van der Waals surface area contributed by atoms with Crippen LogP contribution >= 0.6 is 7.60 Å². The Bertz CT molecular complexity index is 321. The molecule has 0 spiro atoms. The molecule has 86 valence electrons. The maximum absolute atomic E-state index is 10.5. The van der Waals surface area contributed by atoms with Gasteiger partial charge in [-0.15, -0.1) is 0 Å². The molecule has 0 aromatic carbocycles. The van der Waals surface area contributed by atoms with Crippen molar-refractivity contribution in [3.05, 3.63) is 10.4 Å². The van der Waals surface area contributed by atoms with E-state index in [1.165, 1.54) is 0 Å². The molecule has 0 aliphatic carbocycles. The summed E-state index contributed by atoms with van der Waals surface area (Å²) in [5, 5.41) is 11.9. The molecule has 0 saturated heterocycles. The van der Waals surface area contributed by atoms with E-state index in [1.54, 1.807) is 0 Å². The maximum Gasteiger partial charge on any atom is 0.242 e. The molecule has 0 bridgehead atoms. The lowest BCUT2D eigenvalue weighted by molar-refractivity contribution is -0.316. The number of amides is 1. The lowest BCUT2D eigenvalue weighted by Gasteiger charge is -2.35. The number of hydrogen-bond donors (Lipinski definition) is 1. The summed E-state index contributed by atoms with van der Waals surface area (Å²) in [6.07, 6.45) is -0.440. The second kappa shape index (κ2) is 5.69. The second-order valence-corrected chi connectivity index (χ2v) is 4.33. The van der Waals surface area contributed by atoms with Gasteiger partial charge in [-0.2, -0.15) is 0 Å². The third kappa shape index (κ3) is 5.36. The van der Waals surface area contributed by atoms with E-state index in [0.29, 0.717) is 0 Å². The molecule has 0 aromatic heterocycles. The van der Waals surface area contributed by atoms with E-state index < -0.39 is 32.3 Å². The van der Waals surface area contributed by atoms with Gasteiger partial charge in [-0.05, 0) is 12.0 Å². The predicted molar refractivity (Wildman–Crippen MR) is 44.3 cm³/mol. The predicted octanol–water partition coefficient (Wildman–Crippen LogP) is -0.836. The van der Waals surface area contributed by atoms with Crippen molar-refractivity contribution in [1.82, 2.24) is 5.06 Å². The Balaban J connectivity index is 4.39. The van der Waals surface area contributed by atoms with Crippen molar-refractivity contribution in [1.29, 1.82) is 0 Å². The largest absolute Gasteiger partial charge is 0.810 e. The number of hydroxylamine groups is 2. The summed E-state index contributed by atoms with van der Waals surface area (Å²) in [4.78, 5) is 33.8. The molecular formula is C5H9N4O5P-2. The Kier molecular flexibility index (Phi) is 5.27. The molecule has 15 heavy (non-hydrogen) atoms. The number of hydrogen-bond acceptors (Lipinski definition) is 6. The molecule has 0 fully saturated rings. The average molecular weight is 236 g/mol. The molecule has 0 saturated carbocycles. The zero-order valence-corrected chi connectivity index (χ0v) is 8.70. The fourth-order valence-corrected chi connectivity index (χ4v) is 1.34. The molecule has 0 heterocycles. The zero-order chi connectivity index (χ0) is 12.1.